The van der Waals surface area contributed by atoms with E-state index in [0.29, 0.717) is 12.8 Å². The molecule has 0 aromatic rings. The number of hydrogen-bond acceptors (Lipinski definition) is 8. The van der Waals surface area contributed by atoms with Crippen molar-refractivity contribution in [1.82, 2.24) is 0 Å². The average molecular weight is 452 g/mol. The molecule has 9 heteroatoms. The zero-order chi connectivity index (χ0) is 22.4. The predicted octanol–water partition coefficient (Wildman–Crippen LogP) is 3.75. The van der Waals surface area contributed by atoms with Crippen LogP contribution in [0.1, 0.15) is 80.1 Å². The fourth-order valence-corrected chi connectivity index (χ4v) is 5.46. The van der Waals surface area contributed by atoms with Gasteiger partial charge in [-0.2, -0.15) is 0 Å². The van der Waals surface area contributed by atoms with E-state index in [9.17, 15) is 19.2 Å². The average Bonchev–Trinajstić information content (AvgIpc) is 2.58. The van der Waals surface area contributed by atoms with Gasteiger partial charge in [-0.05, 0) is 0 Å². The Bertz CT molecular complexity index is 497. The molecule has 0 fully saturated rings. The van der Waals surface area contributed by atoms with Gasteiger partial charge in [-0.15, -0.1) is 0 Å². The number of carbonyl (C=O) groups is 4. The van der Waals surface area contributed by atoms with Gasteiger partial charge in [0, 0.05) is 0 Å². The quantitative estimate of drug-likeness (QED) is 0.258. The van der Waals surface area contributed by atoms with Gasteiger partial charge in [0.2, 0.25) is 0 Å². The third kappa shape index (κ3) is 13.7. The standard InChI is InChI=1S/2C6H10O3.2C4H9O.Ti/c2*1-2-3-5(7)4-6(8)9;2*1-4(2)3-5;/h2*2-4H2,1H3,(H,8,9);2*4H,3H2,1-2H3;/q;;2*-1;+4/p-2. The molecule has 0 radical (unpaired) electrons. The fourth-order valence-electron chi connectivity index (χ4n) is 2.13. The second-order valence-corrected chi connectivity index (χ2v) is 10.9. The van der Waals surface area contributed by atoms with Gasteiger partial charge in [-0.1, -0.05) is 0 Å². The Labute approximate surface area is 179 Å². The van der Waals surface area contributed by atoms with Crippen LogP contribution in [0, 0.1) is 11.8 Å². The molecule has 0 aromatic heterocycles. The molecule has 8 nitrogen and oxygen atoms in total. The van der Waals surface area contributed by atoms with E-state index in [1.807, 2.05) is 41.5 Å². The Morgan fingerprint density at radius 3 is 1.31 bits per heavy atom. The summed E-state index contributed by atoms with van der Waals surface area (Å²) in [4.78, 5) is 48.2. The zero-order valence-corrected chi connectivity index (χ0v) is 20.1. The second kappa shape index (κ2) is 14.8. The van der Waals surface area contributed by atoms with Gasteiger partial charge < -0.3 is 0 Å². The van der Waals surface area contributed by atoms with Crippen molar-refractivity contribution < 1.29 is 50.6 Å². The number of carbonyl (C=O) groups excluding carboxylic acids is 4. The molecule has 29 heavy (non-hydrogen) atoms. The third-order valence-electron chi connectivity index (χ3n) is 3.41. The molecule has 0 bridgehead atoms. The zero-order valence-electron chi connectivity index (χ0n) is 18.6. The summed E-state index contributed by atoms with van der Waals surface area (Å²) < 4.78 is 22.2. The van der Waals surface area contributed by atoms with Crippen LogP contribution in [0.3, 0.4) is 0 Å². The van der Waals surface area contributed by atoms with E-state index in [0.717, 1.165) is 0 Å². The molecule has 0 atom stereocenters. The second-order valence-electron chi connectivity index (χ2n) is 7.79. The van der Waals surface area contributed by atoms with Gasteiger partial charge in [0.15, 0.2) is 0 Å². The molecule has 0 saturated heterocycles. The molecule has 0 heterocycles. The van der Waals surface area contributed by atoms with Gasteiger partial charge in [-0.3, -0.25) is 0 Å². The van der Waals surface area contributed by atoms with Crippen LogP contribution in [0.15, 0.2) is 0 Å². The summed E-state index contributed by atoms with van der Waals surface area (Å²) in [5.41, 5.74) is 0. The fraction of sp³-hybridized carbons (Fsp3) is 0.800. The van der Waals surface area contributed by atoms with Crippen molar-refractivity contribution in [2.45, 2.75) is 80.1 Å². The van der Waals surface area contributed by atoms with Crippen LogP contribution in [-0.4, -0.2) is 36.7 Å². The maximum atomic E-state index is 12.3. The SMILES string of the molecule is CCCC(=O)CC(=O)[O][Ti]([O]CC(C)C)([O]CC(C)C)[O]C(=O)CC(=O)CCC. The first-order valence-electron chi connectivity index (χ1n) is 10.3. The van der Waals surface area contributed by atoms with Crippen molar-refractivity contribution in [3.63, 3.8) is 0 Å². The summed E-state index contributed by atoms with van der Waals surface area (Å²) in [5, 5.41) is 0. The molecule has 0 spiro atoms. The molecule has 0 aliphatic carbocycles. The predicted molar refractivity (Wildman–Crippen MR) is 103 cm³/mol. The molecule has 0 aliphatic heterocycles. The van der Waals surface area contributed by atoms with Crippen molar-refractivity contribution >= 4 is 23.5 Å². The minimum atomic E-state index is -4.86. The summed E-state index contributed by atoms with van der Waals surface area (Å²) >= 11 is -4.86. The van der Waals surface area contributed by atoms with E-state index in [4.69, 9.17) is 13.3 Å². The van der Waals surface area contributed by atoms with Crippen LogP contribution in [0.4, 0.5) is 0 Å². The summed E-state index contributed by atoms with van der Waals surface area (Å²) in [7, 11) is 0. The molecule has 0 rings (SSSR count). The first-order valence-corrected chi connectivity index (χ1v) is 12.8. The normalized spacial score (nSPS) is 11.6. The number of hydrogen-bond donors (Lipinski definition) is 0. The van der Waals surface area contributed by atoms with Crippen molar-refractivity contribution in [1.29, 1.82) is 0 Å². The van der Waals surface area contributed by atoms with Crippen molar-refractivity contribution in [3.05, 3.63) is 0 Å². The minimum absolute atomic E-state index is 0.0588. The monoisotopic (exact) mass is 452 g/mol. The Hall–Kier alpha value is -1.09. The summed E-state index contributed by atoms with van der Waals surface area (Å²) in [6.07, 6.45) is 0.842. The summed E-state index contributed by atoms with van der Waals surface area (Å²) in [5.74, 6) is -2.11. The van der Waals surface area contributed by atoms with Gasteiger partial charge in [0.05, 0.1) is 0 Å². The van der Waals surface area contributed by atoms with Gasteiger partial charge >= 0.3 is 179 Å². The van der Waals surface area contributed by atoms with Crippen LogP contribution in [0.5, 0.6) is 0 Å². The first-order chi connectivity index (χ1) is 13.5. The van der Waals surface area contributed by atoms with E-state index in [1.54, 1.807) is 0 Å². The Kier molecular flexibility index (Phi) is 14.3. The number of Topliss-reactive ketones (excluding diaryl/α,β-unsaturated/α-hetero) is 2. The van der Waals surface area contributed by atoms with Crippen LogP contribution >= 0.6 is 0 Å². The molecule has 168 valence electrons. The Morgan fingerprint density at radius 1 is 0.690 bits per heavy atom. The number of ketones is 2. The Balaban J connectivity index is 5.47. The molecule has 0 amide bonds. The van der Waals surface area contributed by atoms with Crippen LogP contribution in [-0.2, 0) is 50.6 Å². The summed E-state index contributed by atoms with van der Waals surface area (Å²) in [6.45, 7) is 11.5. The van der Waals surface area contributed by atoms with Gasteiger partial charge in [-0.25, -0.2) is 0 Å². The molecule has 0 N–H and O–H groups in total. The van der Waals surface area contributed by atoms with E-state index in [2.05, 4.69) is 0 Å². The van der Waals surface area contributed by atoms with Crippen LogP contribution in [0.25, 0.3) is 0 Å². The van der Waals surface area contributed by atoms with Crippen molar-refractivity contribution in [2.24, 2.45) is 11.8 Å². The van der Waals surface area contributed by atoms with E-state index in [1.165, 1.54) is 0 Å². The maximum absolute atomic E-state index is 12.3. The topological polar surface area (TPSA) is 105 Å². The molecular formula is C20H36O8Ti. The van der Waals surface area contributed by atoms with Gasteiger partial charge in [0.1, 0.15) is 0 Å². The van der Waals surface area contributed by atoms with E-state index in [-0.39, 0.29) is 49.5 Å². The molecule has 0 saturated carbocycles. The van der Waals surface area contributed by atoms with Crippen molar-refractivity contribution in [2.75, 3.05) is 13.2 Å². The van der Waals surface area contributed by atoms with Crippen LogP contribution < -0.4 is 0 Å². The van der Waals surface area contributed by atoms with E-state index >= 15 is 0 Å². The third-order valence-corrected chi connectivity index (χ3v) is 6.52. The number of rotatable bonds is 16. The first kappa shape index (κ1) is 27.9. The van der Waals surface area contributed by atoms with Gasteiger partial charge in [0.25, 0.3) is 0 Å². The van der Waals surface area contributed by atoms with Crippen LogP contribution in [0.2, 0.25) is 0 Å². The summed E-state index contributed by atoms with van der Waals surface area (Å²) in [6, 6.07) is 0. The Morgan fingerprint density at radius 2 is 1.03 bits per heavy atom. The van der Waals surface area contributed by atoms with E-state index < -0.39 is 42.9 Å². The molecular weight excluding hydrogens is 416 g/mol. The molecule has 0 unspecified atom stereocenters. The molecule has 0 aliphatic rings. The molecule has 0 aromatic carbocycles. The van der Waals surface area contributed by atoms with Crippen molar-refractivity contribution in [3.8, 4) is 0 Å².